The van der Waals surface area contributed by atoms with Crippen LogP contribution in [0.5, 0.6) is 0 Å². The molecule has 0 heteroatoms. The summed E-state index contributed by atoms with van der Waals surface area (Å²) in [5.41, 5.74) is 2.04. The Labute approximate surface area is 101 Å². The van der Waals surface area contributed by atoms with Crippen LogP contribution < -0.4 is 0 Å². The van der Waals surface area contributed by atoms with Gasteiger partial charge in [-0.2, -0.15) is 0 Å². The van der Waals surface area contributed by atoms with Crippen LogP contribution in [0.1, 0.15) is 58.4 Å². The molecule has 0 aliphatic rings. The van der Waals surface area contributed by atoms with E-state index in [-0.39, 0.29) is 0 Å². The van der Waals surface area contributed by atoms with Crippen molar-refractivity contribution in [2.24, 2.45) is 5.41 Å². The van der Waals surface area contributed by atoms with Crippen molar-refractivity contribution < 1.29 is 0 Å². The van der Waals surface area contributed by atoms with Crippen LogP contribution in [0.25, 0.3) is 0 Å². The number of benzene rings is 1. The summed E-state index contributed by atoms with van der Waals surface area (Å²) in [5.74, 6) is 0. The fourth-order valence-electron chi connectivity index (χ4n) is 2.52. The van der Waals surface area contributed by atoms with Crippen LogP contribution in [0, 0.1) is 5.41 Å². The van der Waals surface area contributed by atoms with Crippen molar-refractivity contribution in [1.82, 2.24) is 0 Å². The van der Waals surface area contributed by atoms with E-state index in [1.165, 1.54) is 44.1 Å². The normalized spacial score (nSPS) is 11.7. The second kappa shape index (κ2) is 6.73. The van der Waals surface area contributed by atoms with Crippen LogP contribution in [0.15, 0.2) is 30.3 Å². The summed E-state index contributed by atoms with van der Waals surface area (Å²) in [6.45, 7) is 6.99. The Kier molecular flexibility index (Phi) is 5.59. The molecule has 0 N–H and O–H groups in total. The Hall–Kier alpha value is -0.780. The second-order valence-electron chi connectivity index (χ2n) is 4.97. The molecule has 16 heavy (non-hydrogen) atoms. The van der Waals surface area contributed by atoms with Crippen molar-refractivity contribution in [3.8, 4) is 0 Å². The van der Waals surface area contributed by atoms with Gasteiger partial charge in [-0.05, 0) is 23.8 Å². The summed E-state index contributed by atoms with van der Waals surface area (Å²) < 4.78 is 0. The number of unbranched alkanes of at least 4 members (excludes halogenated alkanes) is 1. The first-order valence-electron chi connectivity index (χ1n) is 6.80. The zero-order valence-electron chi connectivity index (χ0n) is 11.1. The molecule has 0 aliphatic carbocycles. The molecule has 0 amide bonds. The van der Waals surface area contributed by atoms with Crippen molar-refractivity contribution in [2.45, 2.75) is 59.3 Å². The lowest BCUT2D eigenvalue weighted by Crippen LogP contribution is -2.22. The molecule has 0 fully saturated rings. The van der Waals surface area contributed by atoms with Crippen molar-refractivity contribution in [1.29, 1.82) is 0 Å². The molecule has 1 aromatic rings. The van der Waals surface area contributed by atoms with Gasteiger partial charge in [-0.15, -0.1) is 0 Å². The molecule has 0 nitrogen and oxygen atoms in total. The molecule has 0 spiro atoms. The molecule has 0 atom stereocenters. The predicted molar refractivity (Wildman–Crippen MR) is 72.7 cm³/mol. The summed E-state index contributed by atoms with van der Waals surface area (Å²) >= 11 is 0. The maximum Gasteiger partial charge on any atom is -0.0222 e. The van der Waals surface area contributed by atoms with Crippen LogP contribution in [0.3, 0.4) is 0 Å². The monoisotopic (exact) mass is 218 g/mol. The van der Waals surface area contributed by atoms with E-state index >= 15 is 0 Å². The molecular weight excluding hydrogens is 192 g/mol. The number of rotatable bonds is 7. The van der Waals surface area contributed by atoms with E-state index in [9.17, 15) is 0 Å². The van der Waals surface area contributed by atoms with E-state index < -0.39 is 0 Å². The van der Waals surface area contributed by atoms with Crippen molar-refractivity contribution in [3.05, 3.63) is 35.9 Å². The zero-order chi connectivity index (χ0) is 11.9. The van der Waals surface area contributed by atoms with Gasteiger partial charge >= 0.3 is 0 Å². The van der Waals surface area contributed by atoms with E-state index in [2.05, 4.69) is 51.1 Å². The molecule has 0 saturated heterocycles. The Morgan fingerprint density at radius 1 is 0.938 bits per heavy atom. The summed E-state index contributed by atoms with van der Waals surface area (Å²) in [4.78, 5) is 0. The SMILES string of the molecule is CCCCC(CC)(CC)Cc1ccccc1. The number of hydrogen-bond acceptors (Lipinski definition) is 0. The zero-order valence-corrected chi connectivity index (χ0v) is 11.1. The van der Waals surface area contributed by atoms with Crippen molar-refractivity contribution >= 4 is 0 Å². The van der Waals surface area contributed by atoms with Gasteiger partial charge in [0.1, 0.15) is 0 Å². The lowest BCUT2D eigenvalue weighted by atomic mass is 9.73. The summed E-state index contributed by atoms with van der Waals surface area (Å²) in [5, 5.41) is 0. The molecule has 90 valence electrons. The molecule has 0 bridgehead atoms. The van der Waals surface area contributed by atoms with E-state index in [0.29, 0.717) is 5.41 Å². The quantitative estimate of drug-likeness (QED) is 0.588. The van der Waals surface area contributed by atoms with Gasteiger partial charge in [0.05, 0.1) is 0 Å². The lowest BCUT2D eigenvalue weighted by Gasteiger charge is -2.32. The second-order valence-corrected chi connectivity index (χ2v) is 4.97. The van der Waals surface area contributed by atoms with Crippen LogP contribution in [-0.4, -0.2) is 0 Å². The first kappa shape index (κ1) is 13.3. The third-order valence-electron chi connectivity index (χ3n) is 3.98. The smallest absolute Gasteiger partial charge is 0.0222 e. The van der Waals surface area contributed by atoms with Crippen LogP contribution in [0.4, 0.5) is 0 Å². The summed E-state index contributed by atoms with van der Waals surface area (Å²) in [7, 11) is 0. The van der Waals surface area contributed by atoms with Gasteiger partial charge in [0.15, 0.2) is 0 Å². The fourth-order valence-corrected chi connectivity index (χ4v) is 2.52. The third-order valence-corrected chi connectivity index (χ3v) is 3.98. The van der Waals surface area contributed by atoms with E-state index in [4.69, 9.17) is 0 Å². The fraction of sp³-hybridized carbons (Fsp3) is 0.625. The van der Waals surface area contributed by atoms with Gasteiger partial charge in [-0.25, -0.2) is 0 Å². The van der Waals surface area contributed by atoms with Gasteiger partial charge < -0.3 is 0 Å². The minimum absolute atomic E-state index is 0.539. The van der Waals surface area contributed by atoms with Gasteiger partial charge in [0, 0.05) is 0 Å². The molecule has 0 saturated carbocycles. The maximum atomic E-state index is 2.35. The molecule has 0 radical (unpaired) electrons. The lowest BCUT2D eigenvalue weighted by molar-refractivity contribution is 0.230. The van der Waals surface area contributed by atoms with Crippen LogP contribution in [0.2, 0.25) is 0 Å². The van der Waals surface area contributed by atoms with Crippen LogP contribution in [-0.2, 0) is 6.42 Å². The maximum absolute atomic E-state index is 2.35. The highest BCUT2D eigenvalue weighted by Gasteiger charge is 2.25. The van der Waals surface area contributed by atoms with E-state index in [0.717, 1.165) is 0 Å². The van der Waals surface area contributed by atoms with Gasteiger partial charge in [-0.1, -0.05) is 76.8 Å². The molecule has 0 unspecified atom stereocenters. The van der Waals surface area contributed by atoms with Crippen LogP contribution >= 0.6 is 0 Å². The van der Waals surface area contributed by atoms with Crippen molar-refractivity contribution in [3.63, 3.8) is 0 Å². The predicted octanol–water partition coefficient (Wildman–Crippen LogP) is 5.23. The van der Waals surface area contributed by atoms with Crippen molar-refractivity contribution in [2.75, 3.05) is 0 Å². The highest BCUT2D eigenvalue weighted by molar-refractivity contribution is 5.16. The highest BCUT2D eigenvalue weighted by Crippen LogP contribution is 2.36. The largest absolute Gasteiger partial charge is 0.0654 e. The average Bonchev–Trinajstić information content (AvgIpc) is 2.36. The molecule has 1 aromatic carbocycles. The minimum atomic E-state index is 0.539. The molecule has 0 heterocycles. The Morgan fingerprint density at radius 2 is 1.56 bits per heavy atom. The topological polar surface area (TPSA) is 0 Å². The summed E-state index contributed by atoms with van der Waals surface area (Å²) in [6, 6.07) is 11.0. The Balaban J connectivity index is 2.70. The molecule has 1 rings (SSSR count). The first-order chi connectivity index (χ1) is 7.76. The van der Waals surface area contributed by atoms with Gasteiger partial charge in [0.2, 0.25) is 0 Å². The standard InChI is InChI=1S/C16H26/c1-4-7-13-16(5-2,6-3)14-15-11-9-8-10-12-15/h8-12H,4-7,13-14H2,1-3H3. The Bertz CT molecular complexity index is 269. The van der Waals surface area contributed by atoms with E-state index in [1.807, 2.05) is 0 Å². The Morgan fingerprint density at radius 3 is 2.06 bits per heavy atom. The van der Waals surface area contributed by atoms with Gasteiger partial charge in [-0.3, -0.25) is 0 Å². The minimum Gasteiger partial charge on any atom is -0.0654 e. The average molecular weight is 218 g/mol. The van der Waals surface area contributed by atoms with E-state index in [1.54, 1.807) is 0 Å². The summed E-state index contributed by atoms with van der Waals surface area (Å²) in [6.07, 6.45) is 7.92. The van der Waals surface area contributed by atoms with Gasteiger partial charge in [0.25, 0.3) is 0 Å². The molecule has 0 aliphatic heterocycles. The third kappa shape index (κ3) is 3.66. The molecule has 0 aromatic heterocycles. The molecular formula is C16H26. The highest BCUT2D eigenvalue weighted by atomic mass is 14.3. The first-order valence-corrected chi connectivity index (χ1v) is 6.80. The number of hydrogen-bond donors (Lipinski definition) is 0.